The third-order valence-corrected chi connectivity index (χ3v) is 7.52. The minimum Gasteiger partial charge on any atom is -0.493 e. The number of anilines is 1. The van der Waals surface area contributed by atoms with E-state index in [0.717, 1.165) is 30.5 Å². The summed E-state index contributed by atoms with van der Waals surface area (Å²) in [5.74, 6) is 2.21. The molecule has 1 unspecified atom stereocenters. The van der Waals surface area contributed by atoms with Gasteiger partial charge in [0.05, 0.1) is 26.2 Å². The average Bonchev–Trinajstić information content (AvgIpc) is 3.13. The molecule has 1 N–H and O–H groups in total. The molecule has 6 nitrogen and oxygen atoms in total. The van der Waals surface area contributed by atoms with Gasteiger partial charge in [-0.25, -0.2) is 0 Å². The Kier molecular flexibility index (Phi) is 7.38. The number of nitrogens with zero attached hydrogens (tertiary/aromatic N) is 1. The molecule has 1 aliphatic carbocycles. The van der Waals surface area contributed by atoms with E-state index < -0.39 is 0 Å². The van der Waals surface area contributed by atoms with Crippen molar-refractivity contribution in [1.82, 2.24) is 4.90 Å². The molecule has 1 saturated heterocycles. The lowest BCUT2D eigenvalue weighted by atomic mass is 9.85. The molecule has 7 heteroatoms. The van der Waals surface area contributed by atoms with Crippen LogP contribution in [0, 0.1) is 5.92 Å². The van der Waals surface area contributed by atoms with Gasteiger partial charge in [-0.2, -0.15) is 0 Å². The Bertz CT molecular complexity index is 986. The standard InChI is InChI=1S/C26H32N2O4S/c1-17-10-8-9-13-20(17)28-25(29)23(33-26(28)27-19-11-6-5-7-12-19)16-18-14-21(30-2)24(32-4)22(15-18)31-3/h5-7,11-12,14-17,20,26-27H,8-10,13H2,1-4H3/b23-16-/t17-,20-,26?/m0/s1. The Morgan fingerprint density at radius 1 is 1.00 bits per heavy atom. The van der Waals surface area contributed by atoms with E-state index in [2.05, 4.69) is 17.1 Å². The number of thioether (sulfide) groups is 1. The summed E-state index contributed by atoms with van der Waals surface area (Å²) in [7, 11) is 4.77. The highest BCUT2D eigenvalue weighted by atomic mass is 32.2. The largest absolute Gasteiger partial charge is 0.493 e. The lowest BCUT2D eigenvalue weighted by Crippen LogP contribution is -2.48. The van der Waals surface area contributed by atoms with Gasteiger partial charge in [-0.3, -0.25) is 4.79 Å². The molecule has 2 aromatic carbocycles. The minimum absolute atomic E-state index is 0.0703. The van der Waals surface area contributed by atoms with Crippen LogP contribution in [0.3, 0.4) is 0 Å². The predicted octanol–water partition coefficient (Wildman–Crippen LogP) is 5.60. The fourth-order valence-electron chi connectivity index (χ4n) is 4.70. The van der Waals surface area contributed by atoms with Crippen LogP contribution in [0.25, 0.3) is 6.08 Å². The average molecular weight is 469 g/mol. The van der Waals surface area contributed by atoms with Crippen molar-refractivity contribution >= 4 is 29.4 Å². The Hall–Kier alpha value is -2.80. The molecule has 176 valence electrons. The summed E-state index contributed by atoms with van der Waals surface area (Å²) in [5, 5.41) is 3.58. The first-order valence-electron chi connectivity index (χ1n) is 11.4. The number of methoxy groups -OCH3 is 3. The molecule has 2 fully saturated rings. The van der Waals surface area contributed by atoms with E-state index in [0.29, 0.717) is 28.1 Å². The molecule has 1 heterocycles. The van der Waals surface area contributed by atoms with Crippen LogP contribution < -0.4 is 19.5 Å². The van der Waals surface area contributed by atoms with Crippen LogP contribution in [-0.4, -0.2) is 43.7 Å². The number of amides is 1. The van der Waals surface area contributed by atoms with Crippen LogP contribution in [0.1, 0.15) is 38.2 Å². The summed E-state index contributed by atoms with van der Waals surface area (Å²) in [5.41, 5.74) is 1.68. The lowest BCUT2D eigenvalue weighted by molar-refractivity contribution is -0.129. The fourth-order valence-corrected chi connectivity index (χ4v) is 5.91. The molecule has 2 aliphatic rings. The van der Waals surface area contributed by atoms with Gasteiger partial charge < -0.3 is 24.4 Å². The molecule has 33 heavy (non-hydrogen) atoms. The first-order valence-corrected chi connectivity index (χ1v) is 12.3. The number of carbonyl (C=O) groups excluding carboxylic acids is 1. The number of hydrogen-bond donors (Lipinski definition) is 1. The zero-order valence-corrected chi connectivity index (χ0v) is 20.5. The molecule has 1 saturated carbocycles. The Morgan fingerprint density at radius 3 is 2.27 bits per heavy atom. The zero-order chi connectivity index (χ0) is 23.4. The Labute approximate surface area is 200 Å². The highest BCUT2D eigenvalue weighted by Crippen LogP contribution is 2.44. The van der Waals surface area contributed by atoms with Crippen molar-refractivity contribution in [2.24, 2.45) is 5.92 Å². The molecule has 2 aromatic rings. The molecule has 3 atom stereocenters. The number of carbonyl (C=O) groups is 1. The van der Waals surface area contributed by atoms with E-state index >= 15 is 0 Å². The summed E-state index contributed by atoms with van der Waals surface area (Å²) < 4.78 is 16.4. The van der Waals surface area contributed by atoms with Crippen molar-refractivity contribution in [2.45, 2.75) is 44.1 Å². The number of benzene rings is 2. The molecule has 1 amide bonds. The number of ether oxygens (including phenoxy) is 3. The van der Waals surface area contributed by atoms with Crippen molar-refractivity contribution in [3.05, 3.63) is 52.9 Å². The van der Waals surface area contributed by atoms with Gasteiger partial charge in [0.1, 0.15) is 0 Å². The van der Waals surface area contributed by atoms with Crippen LogP contribution in [0.15, 0.2) is 47.4 Å². The van der Waals surface area contributed by atoms with Crippen molar-refractivity contribution < 1.29 is 19.0 Å². The molecule has 4 rings (SSSR count). The molecule has 0 radical (unpaired) electrons. The number of nitrogens with one attached hydrogen (secondary N) is 1. The smallest absolute Gasteiger partial charge is 0.262 e. The first kappa shape index (κ1) is 23.4. The summed E-state index contributed by atoms with van der Waals surface area (Å²) in [6, 6.07) is 14.0. The Balaban J connectivity index is 1.69. The van der Waals surface area contributed by atoms with Crippen molar-refractivity contribution in [2.75, 3.05) is 26.6 Å². The lowest BCUT2D eigenvalue weighted by Gasteiger charge is -2.39. The highest BCUT2D eigenvalue weighted by molar-refractivity contribution is 8.05. The first-order chi connectivity index (χ1) is 16.0. The van der Waals surface area contributed by atoms with Crippen molar-refractivity contribution in [1.29, 1.82) is 0 Å². The second-order valence-electron chi connectivity index (χ2n) is 8.49. The second kappa shape index (κ2) is 10.4. The normalized spacial score (nSPS) is 24.1. The van der Waals surface area contributed by atoms with Crippen LogP contribution in [0.5, 0.6) is 17.2 Å². The number of para-hydroxylation sites is 1. The summed E-state index contributed by atoms with van der Waals surface area (Å²) in [6.07, 6.45) is 6.51. The zero-order valence-electron chi connectivity index (χ0n) is 19.7. The minimum atomic E-state index is -0.154. The number of rotatable bonds is 7. The predicted molar refractivity (Wildman–Crippen MR) is 134 cm³/mol. The van der Waals surface area contributed by atoms with Crippen molar-refractivity contribution in [3.63, 3.8) is 0 Å². The van der Waals surface area contributed by atoms with Crippen LogP contribution in [-0.2, 0) is 4.79 Å². The van der Waals surface area contributed by atoms with Gasteiger partial charge >= 0.3 is 0 Å². The van der Waals surface area contributed by atoms with E-state index in [-0.39, 0.29) is 17.4 Å². The van der Waals surface area contributed by atoms with Gasteiger partial charge in [-0.1, -0.05) is 49.7 Å². The molecule has 0 bridgehead atoms. The van der Waals surface area contributed by atoms with E-state index in [4.69, 9.17) is 14.2 Å². The van der Waals surface area contributed by atoms with Gasteiger partial charge in [0.2, 0.25) is 5.75 Å². The van der Waals surface area contributed by atoms with E-state index in [1.807, 2.05) is 48.5 Å². The van der Waals surface area contributed by atoms with E-state index in [1.54, 1.807) is 33.1 Å². The fraction of sp³-hybridized carbons (Fsp3) is 0.423. The van der Waals surface area contributed by atoms with E-state index in [9.17, 15) is 4.79 Å². The highest BCUT2D eigenvalue weighted by Gasteiger charge is 2.42. The molecule has 0 spiro atoms. The second-order valence-corrected chi connectivity index (χ2v) is 9.61. The summed E-state index contributed by atoms with van der Waals surface area (Å²) in [4.78, 5) is 16.5. The summed E-state index contributed by atoms with van der Waals surface area (Å²) >= 11 is 1.56. The summed E-state index contributed by atoms with van der Waals surface area (Å²) in [6.45, 7) is 2.27. The molecule has 0 aromatic heterocycles. The molecular formula is C26H32N2O4S. The maximum Gasteiger partial charge on any atom is 0.262 e. The monoisotopic (exact) mass is 468 g/mol. The van der Waals surface area contributed by atoms with Gasteiger partial charge in [0.15, 0.2) is 17.0 Å². The third-order valence-electron chi connectivity index (χ3n) is 6.41. The maximum atomic E-state index is 13.7. The third kappa shape index (κ3) is 4.93. The number of hydrogen-bond acceptors (Lipinski definition) is 6. The van der Waals surface area contributed by atoms with Crippen LogP contribution >= 0.6 is 11.8 Å². The van der Waals surface area contributed by atoms with Gasteiger partial charge in [-0.15, -0.1) is 0 Å². The topological polar surface area (TPSA) is 60.0 Å². The SMILES string of the molecule is COc1cc(/C=C2\SC(Nc3ccccc3)N([C@H]3CCCC[C@@H]3C)C2=O)cc(OC)c1OC. The maximum absolute atomic E-state index is 13.7. The van der Waals surface area contributed by atoms with Gasteiger partial charge in [-0.05, 0) is 54.7 Å². The quantitative estimate of drug-likeness (QED) is 0.534. The van der Waals surface area contributed by atoms with Crippen molar-refractivity contribution in [3.8, 4) is 17.2 Å². The molecular weight excluding hydrogens is 436 g/mol. The van der Waals surface area contributed by atoms with Crippen LogP contribution in [0.2, 0.25) is 0 Å². The van der Waals surface area contributed by atoms with Crippen LogP contribution in [0.4, 0.5) is 5.69 Å². The molecule has 1 aliphatic heterocycles. The Morgan fingerprint density at radius 2 is 1.67 bits per heavy atom. The van der Waals surface area contributed by atoms with E-state index in [1.165, 1.54) is 6.42 Å². The van der Waals surface area contributed by atoms with Gasteiger partial charge in [0, 0.05) is 11.7 Å². The van der Waals surface area contributed by atoms with Gasteiger partial charge in [0.25, 0.3) is 5.91 Å².